The van der Waals surface area contributed by atoms with Crippen LogP contribution in [0.5, 0.6) is 0 Å². The molecule has 21 nitrogen and oxygen atoms in total. The topological polar surface area (TPSA) is 354 Å². The van der Waals surface area contributed by atoms with Crippen LogP contribution in [0.3, 0.4) is 0 Å². The molecule has 0 heterocycles. The first-order valence-corrected chi connectivity index (χ1v) is 12.3. The molecule has 0 aliphatic rings. The van der Waals surface area contributed by atoms with Gasteiger partial charge in [-0.2, -0.15) is 50.5 Å². The summed E-state index contributed by atoms with van der Waals surface area (Å²) in [5.74, 6) is 0. The summed E-state index contributed by atoms with van der Waals surface area (Å²) in [6.07, 6.45) is 0. The maximum atomic E-state index is 9.44. The molecule has 32 heavy (non-hydrogen) atoms. The fourth-order valence-corrected chi connectivity index (χ4v) is 2.93. The van der Waals surface area contributed by atoms with E-state index < -0.39 is 62.4 Å². The predicted molar refractivity (Wildman–Crippen MR) is 78.1 cm³/mol. The SMILES string of the molecule is O=S(=O)(O)OS(=O)(=O)O.O=S(=O)(O)OS(=O)(=O)O.O=S(=O)(O)OS(=O)(=O)O.[H-].[H-].[H-].[H-].[H-].[Na+].[Na+].[Na+].[Na+].[Na+]. The van der Waals surface area contributed by atoms with Crippen molar-refractivity contribution >= 4 is 62.4 Å². The average molecular weight is 654 g/mol. The van der Waals surface area contributed by atoms with E-state index in [1.807, 2.05) is 0 Å². The van der Waals surface area contributed by atoms with E-state index in [9.17, 15) is 50.5 Å². The monoisotopic (exact) mass is 654 g/mol. The van der Waals surface area contributed by atoms with E-state index in [0.29, 0.717) is 0 Å². The largest absolute Gasteiger partial charge is 1.00 e. The van der Waals surface area contributed by atoms with Gasteiger partial charge in [-0.15, -0.1) is 10.9 Å². The second-order valence-corrected chi connectivity index (χ2v) is 9.54. The third kappa shape index (κ3) is 76.5. The number of hydrogen-bond acceptors (Lipinski definition) is 15. The molecular formula is H11Na5O21S6. The van der Waals surface area contributed by atoms with Gasteiger partial charge in [0.05, 0.1) is 0 Å². The van der Waals surface area contributed by atoms with Crippen molar-refractivity contribution in [3.63, 3.8) is 0 Å². The Kier molecular flexibility index (Phi) is 39.2. The molecule has 0 spiro atoms. The Balaban J connectivity index is -0.0000000187. The average Bonchev–Trinajstić information content (AvgIpc) is 1.96. The molecule has 0 aromatic carbocycles. The van der Waals surface area contributed by atoms with Crippen LogP contribution in [0.2, 0.25) is 0 Å². The van der Waals surface area contributed by atoms with Crippen molar-refractivity contribution in [2.24, 2.45) is 0 Å². The minimum Gasteiger partial charge on any atom is -1.00 e. The Morgan fingerprint density at radius 1 is 0.312 bits per heavy atom. The molecule has 0 saturated heterocycles. The minimum atomic E-state index is -5.12. The van der Waals surface area contributed by atoms with Crippen LogP contribution in [-0.2, 0) is 73.3 Å². The van der Waals surface area contributed by atoms with Crippen molar-refractivity contribution in [2.45, 2.75) is 0 Å². The van der Waals surface area contributed by atoms with E-state index in [-0.39, 0.29) is 155 Å². The van der Waals surface area contributed by atoms with Crippen LogP contribution < -0.4 is 148 Å². The van der Waals surface area contributed by atoms with Crippen LogP contribution >= 0.6 is 0 Å². The van der Waals surface area contributed by atoms with Gasteiger partial charge >= 0.3 is 210 Å². The van der Waals surface area contributed by atoms with Crippen LogP contribution in [0.4, 0.5) is 0 Å². The molecule has 0 aromatic heterocycles. The van der Waals surface area contributed by atoms with E-state index in [0.717, 1.165) is 0 Å². The summed E-state index contributed by atoms with van der Waals surface area (Å²) in [4.78, 5) is 0. The van der Waals surface area contributed by atoms with Gasteiger partial charge in [-0.3, -0.25) is 27.3 Å². The summed E-state index contributed by atoms with van der Waals surface area (Å²) >= 11 is 0. The van der Waals surface area contributed by atoms with E-state index in [1.54, 1.807) is 0 Å². The van der Waals surface area contributed by atoms with Crippen LogP contribution in [0.1, 0.15) is 7.13 Å². The Morgan fingerprint density at radius 2 is 0.375 bits per heavy atom. The van der Waals surface area contributed by atoms with Crippen molar-refractivity contribution in [3.05, 3.63) is 0 Å². The molecule has 0 aliphatic carbocycles. The molecule has 0 unspecified atom stereocenters. The summed E-state index contributed by atoms with van der Waals surface area (Å²) in [5, 5.41) is 0. The standard InChI is InChI=1S/5Na.3H2O7S2.5H/c;;;;;3*1-8(2,3)7-9(4,5)6;;;;;/h;;;;;3*(H,1,2,3)(H,4,5,6);;;;;/q5*+1;;;;5*-1. The third-order valence-corrected chi connectivity index (χ3v) is 4.64. The smallest absolute Gasteiger partial charge is 1.00 e. The zero-order valence-corrected chi connectivity index (χ0v) is 31.2. The number of hydrogen-bond donors (Lipinski definition) is 6. The van der Waals surface area contributed by atoms with E-state index >= 15 is 0 Å². The van der Waals surface area contributed by atoms with Gasteiger partial charge in [0.1, 0.15) is 0 Å². The summed E-state index contributed by atoms with van der Waals surface area (Å²) in [5.41, 5.74) is 0. The molecule has 32 heteroatoms. The van der Waals surface area contributed by atoms with Crippen LogP contribution in [0, 0.1) is 0 Å². The van der Waals surface area contributed by atoms with Crippen molar-refractivity contribution in [3.8, 4) is 0 Å². The van der Waals surface area contributed by atoms with E-state index in [2.05, 4.69) is 10.9 Å². The van der Waals surface area contributed by atoms with Gasteiger partial charge in [0, 0.05) is 0 Å². The Labute approximate surface area is 300 Å². The molecule has 0 aromatic rings. The minimum absolute atomic E-state index is 0. The zero-order chi connectivity index (χ0) is 23.1. The normalized spacial score (nSPS) is 11.4. The molecule has 0 bridgehead atoms. The molecule has 0 aliphatic heterocycles. The zero-order valence-electron chi connectivity index (χ0n) is 21.3. The summed E-state index contributed by atoms with van der Waals surface area (Å²) in [6.45, 7) is 0. The third-order valence-electron chi connectivity index (χ3n) is 0.516. The Hall–Kier alpha value is 4.34. The van der Waals surface area contributed by atoms with Gasteiger partial charge in [0.2, 0.25) is 0 Å². The Morgan fingerprint density at radius 3 is 0.375 bits per heavy atom. The maximum absolute atomic E-state index is 9.44. The van der Waals surface area contributed by atoms with Gasteiger partial charge in [-0.1, -0.05) is 0 Å². The summed E-state index contributed by atoms with van der Waals surface area (Å²) in [6, 6.07) is 0. The molecule has 0 atom stereocenters. The van der Waals surface area contributed by atoms with Crippen molar-refractivity contribution in [1.82, 2.24) is 0 Å². The molecule has 0 amide bonds. The molecule has 6 N–H and O–H groups in total. The quantitative estimate of drug-likeness (QED) is 0.114. The van der Waals surface area contributed by atoms with Gasteiger partial charge in [-0.05, 0) is 0 Å². The molecule has 0 fully saturated rings. The Bertz CT molecular complexity index is 885. The van der Waals surface area contributed by atoms with Crippen molar-refractivity contribution < 1.29 is 244 Å². The fraction of sp³-hybridized carbons (Fsp3) is 0. The first kappa shape index (κ1) is 56.5. The summed E-state index contributed by atoms with van der Waals surface area (Å²) in [7, 11) is -30.7. The first-order valence-electron chi connectivity index (χ1n) is 4.10. The fourth-order valence-electron chi connectivity index (χ4n) is 0.326. The van der Waals surface area contributed by atoms with Gasteiger partial charge in [0.15, 0.2) is 0 Å². The first-order chi connectivity index (χ1) is 11.1. The van der Waals surface area contributed by atoms with Crippen LogP contribution in [0.25, 0.3) is 0 Å². The molecular weight excluding hydrogens is 643 g/mol. The van der Waals surface area contributed by atoms with Crippen molar-refractivity contribution in [1.29, 1.82) is 0 Å². The van der Waals surface area contributed by atoms with Crippen LogP contribution in [0.15, 0.2) is 0 Å². The molecule has 0 saturated carbocycles. The predicted octanol–water partition coefficient (Wildman–Crippen LogP) is -18.6. The van der Waals surface area contributed by atoms with Gasteiger partial charge < -0.3 is 7.13 Å². The second-order valence-electron chi connectivity index (χ2n) is 2.77. The van der Waals surface area contributed by atoms with E-state index in [1.165, 1.54) is 0 Å². The van der Waals surface area contributed by atoms with Gasteiger partial charge in [0.25, 0.3) is 0 Å². The second kappa shape index (κ2) is 22.2. The summed E-state index contributed by atoms with van der Waals surface area (Å²) < 4.78 is 167. The molecule has 0 radical (unpaired) electrons. The van der Waals surface area contributed by atoms with Gasteiger partial charge in [-0.25, -0.2) is 0 Å². The maximum Gasteiger partial charge on any atom is 1.00 e. The molecule has 0 rings (SSSR count). The molecule has 178 valence electrons. The van der Waals surface area contributed by atoms with Crippen LogP contribution in [-0.4, -0.2) is 77.8 Å². The van der Waals surface area contributed by atoms with E-state index in [4.69, 9.17) is 27.3 Å². The van der Waals surface area contributed by atoms with Crippen molar-refractivity contribution in [2.75, 3.05) is 0 Å². The number of rotatable bonds is 6.